The van der Waals surface area contributed by atoms with Crippen LogP contribution in [0.2, 0.25) is 0 Å². The van der Waals surface area contributed by atoms with Crippen LogP contribution in [0.4, 0.5) is 11.5 Å². The number of nitrogens with one attached hydrogen (secondary N) is 3. The standard InChI is InChI=1S/C27H28N8O2/c1-2-4-19(5-3-1)9-13-37-27-28-10-8-24(33-27)30-23-17-29-34-25(23)26-31-21-7-6-20(16-22(21)32-26)18-35-11-14-36-15-12-35/h1-8,10,16-17H,9,11-15,18H2,(H,29,34)(H,31,32)(H,28,30,33). The van der Waals surface area contributed by atoms with Crippen LogP contribution in [-0.4, -0.2) is 67.9 Å². The summed E-state index contributed by atoms with van der Waals surface area (Å²) in [5.74, 6) is 1.28. The minimum Gasteiger partial charge on any atom is -0.463 e. The van der Waals surface area contributed by atoms with E-state index >= 15 is 0 Å². The number of H-pyrrole nitrogens is 2. The van der Waals surface area contributed by atoms with Crippen LogP contribution >= 0.6 is 0 Å². The fourth-order valence-electron chi connectivity index (χ4n) is 4.37. The lowest BCUT2D eigenvalue weighted by molar-refractivity contribution is 0.0342. The molecule has 0 bridgehead atoms. The quantitative estimate of drug-likeness (QED) is 0.281. The highest BCUT2D eigenvalue weighted by molar-refractivity contribution is 5.82. The van der Waals surface area contributed by atoms with E-state index in [2.05, 4.69) is 65.7 Å². The maximum Gasteiger partial charge on any atom is 0.318 e. The summed E-state index contributed by atoms with van der Waals surface area (Å²) < 4.78 is 11.2. The molecule has 4 heterocycles. The Kier molecular flexibility index (Phi) is 6.74. The topological polar surface area (TPSA) is 117 Å². The van der Waals surface area contributed by atoms with Gasteiger partial charge in [0, 0.05) is 38.4 Å². The van der Waals surface area contributed by atoms with Gasteiger partial charge in [-0.1, -0.05) is 36.4 Å². The van der Waals surface area contributed by atoms with E-state index in [1.165, 1.54) is 11.1 Å². The van der Waals surface area contributed by atoms with Gasteiger partial charge in [0.15, 0.2) is 11.5 Å². The number of nitrogens with zero attached hydrogens (tertiary/aromatic N) is 5. The lowest BCUT2D eigenvalue weighted by atomic mass is 10.2. The van der Waals surface area contributed by atoms with E-state index < -0.39 is 0 Å². The average molecular weight is 497 g/mol. The van der Waals surface area contributed by atoms with Crippen molar-refractivity contribution in [2.45, 2.75) is 13.0 Å². The minimum atomic E-state index is 0.322. The normalized spacial score (nSPS) is 14.2. The Balaban J connectivity index is 1.14. The molecule has 10 heteroatoms. The fraction of sp³-hybridized carbons (Fsp3) is 0.259. The summed E-state index contributed by atoms with van der Waals surface area (Å²) in [6.45, 7) is 4.87. The molecular formula is C27H28N8O2. The van der Waals surface area contributed by atoms with Crippen molar-refractivity contribution in [1.82, 2.24) is 35.0 Å². The van der Waals surface area contributed by atoms with Crippen molar-refractivity contribution in [3.8, 4) is 17.5 Å². The zero-order chi connectivity index (χ0) is 24.9. The van der Waals surface area contributed by atoms with E-state index in [1.807, 2.05) is 18.2 Å². The molecule has 0 saturated carbocycles. The Labute approximate surface area is 214 Å². The number of hydrogen-bond donors (Lipinski definition) is 3. The number of imidazole rings is 1. The molecule has 1 saturated heterocycles. The molecule has 6 rings (SSSR count). The number of aromatic amines is 2. The monoisotopic (exact) mass is 496 g/mol. The molecule has 3 aromatic heterocycles. The van der Waals surface area contributed by atoms with Crippen LogP contribution in [-0.2, 0) is 17.7 Å². The first-order chi connectivity index (χ1) is 18.3. The van der Waals surface area contributed by atoms with Gasteiger partial charge >= 0.3 is 6.01 Å². The summed E-state index contributed by atoms with van der Waals surface area (Å²) in [5.41, 5.74) is 5.74. The molecule has 0 amide bonds. The van der Waals surface area contributed by atoms with Crippen molar-refractivity contribution in [3.63, 3.8) is 0 Å². The van der Waals surface area contributed by atoms with Gasteiger partial charge in [0.25, 0.3) is 0 Å². The number of rotatable bonds is 9. The molecule has 0 radical (unpaired) electrons. The molecule has 0 spiro atoms. The van der Waals surface area contributed by atoms with Gasteiger partial charge in [-0.05, 0) is 29.3 Å². The van der Waals surface area contributed by atoms with Gasteiger partial charge in [-0.25, -0.2) is 9.97 Å². The fourth-order valence-corrected chi connectivity index (χ4v) is 4.37. The predicted molar refractivity (Wildman–Crippen MR) is 141 cm³/mol. The number of anilines is 2. The van der Waals surface area contributed by atoms with Gasteiger partial charge in [-0.2, -0.15) is 10.1 Å². The van der Waals surface area contributed by atoms with Gasteiger partial charge in [0.05, 0.1) is 36.5 Å². The Morgan fingerprint density at radius 2 is 1.89 bits per heavy atom. The van der Waals surface area contributed by atoms with Crippen LogP contribution in [0, 0.1) is 0 Å². The van der Waals surface area contributed by atoms with Gasteiger partial charge in [-0.15, -0.1) is 0 Å². The minimum absolute atomic E-state index is 0.322. The van der Waals surface area contributed by atoms with Gasteiger partial charge in [-0.3, -0.25) is 10.00 Å². The molecule has 3 N–H and O–H groups in total. The molecule has 1 fully saturated rings. The summed E-state index contributed by atoms with van der Waals surface area (Å²) >= 11 is 0. The first kappa shape index (κ1) is 23.1. The lowest BCUT2D eigenvalue weighted by Gasteiger charge is -2.26. The molecule has 2 aromatic carbocycles. The number of benzene rings is 2. The van der Waals surface area contributed by atoms with Gasteiger partial charge in [0.1, 0.15) is 5.82 Å². The summed E-state index contributed by atoms with van der Waals surface area (Å²) in [6, 6.07) is 18.7. The molecular weight excluding hydrogens is 468 g/mol. The van der Waals surface area contributed by atoms with Crippen LogP contribution < -0.4 is 10.1 Å². The van der Waals surface area contributed by atoms with Gasteiger partial charge < -0.3 is 19.8 Å². The molecule has 0 unspecified atom stereocenters. The number of aromatic nitrogens is 6. The van der Waals surface area contributed by atoms with Crippen molar-refractivity contribution >= 4 is 22.5 Å². The highest BCUT2D eigenvalue weighted by Gasteiger charge is 2.16. The molecule has 1 aliphatic rings. The van der Waals surface area contributed by atoms with Crippen molar-refractivity contribution in [3.05, 3.63) is 78.1 Å². The first-order valence-corrected chi connectivity index (χ1v) is 12.4. The molecule has 1 aliphatic heterocycles. The van der Waals surface area contributed by atoms with E-state index in [-0.39, 0.29) is 0 Å². The van der Waals surface area contributed by atoms with E-state index in [0.717, 1.165) is 56.0 Å². The second-order valence-corrected chi connectivity index (χ2v) is 8.91. The molecule has 5 aromatic rings. The van der Waals surface area contributed by atoms with E-state index in [9.17, 15) is 0 Å². The third-order valence-electron chi connectivity index (χ3n) is 6.28. The number of fused-ring (bicyclic) bond motifs is 1. The van der Waals surface area contributed by atoms with Crippen LogP contribution in [0.5, 0.6) is 6.01 Å². The molecule has 0 aliphatic carbocycles. The highest BCUT2D eigenvalue weighted by Crippen LogP contribution is 2.28. The van der Waals surface area contributed by atoms with Crippen molar-refractivity contribution in [2.75, 3.05) is 38.2 Å². The molecule has 0 atom stereocenters. The molecule has 188 valence electrons. The van der Waals surface area contributed by atoms with E-state index in [1.54, 1.807) is 18.5 Å². The third kappa shape index (κ3) is 5.60. The second-order valence-electron chi connectivity index (χ2n) is 8.91. The summed E-state index contributed by atoms with van der Waals surface area (Å²) in [4.78, 5) is 19.3. The van der Waals surface area contributed by atoms with E-state index in [4.69, 9.17) is 14.5 Å². The Bertz CT molecular complexity index is 1460. The van der Waals surface area contributed by atoms with Crippen LogP contribution in [0.3, 0.4) is 0 Å². The third-order valence-corrected chi connectivity index (χ3v) is 6.28. The predicted octanol–water partition coefficient (Wildman–Crippen LogP) is 3.94. The van der Waals surface area contributed by atoms with Crippen LogP contribution in [0.25, 0.3) is 22.6 Å². The lowest BCUT2D eigenvalue weighted by Crippen LogP contribution is -2.35. The first-order valence-electron chi connectivity index (χ1n) is 12.4. The Hall–Kier alpha value is -4.28. The SMILES string of the molecule is c1ccc(CCOc2nccc(Nc3c[nH]nc3-c3nc4cc(CN5CCOCC5)ccc4[nH]3)n2)cc1. The molecule has 37 heavy (non-hydrogen) atoms. The number of morpholine rings is 1. The largest absolute Gasteiger partial charge is 0.463 e. The number of hydrogen-bond acceptors (Lipinski definition) is 8. The maximum absolute atomic E-state index is 5.78. The zero-order valence-electron chi connectivity index (χ0n) is 20.4. The summed E-state index contributed by atoms with van der Waals surface area (Å²) in [7, 11) is 0. The maximum atomic E-state index is 5.78. The average Bonchev–Trinajstić information content (AvgIpc) is 3.56. The highest BCUT2D eigenvalue weighted by atomic mass is 16.5. The van der Waals surface area contributed by atoms with Crippen molar-refractivity contribution < 1.29 is 9.47 Å². The second kappa shape index (κ2) is 10.8. The Morgan fingerprint density at radius 1 is 1.00 bits per heavy atom. The Morgan fingerprint density at radius 3 is 2.78 bits per heavy atom. The van der Waals surface area contributed by atoms with E-state index in [0.29, 0.717) is 30.0 Å². The van der Waals surface area contributed by atoms with Crippen molar-refractivity contribution in [1.29, 1.82) is 0 Å². The molecule has 10 nitrogen and oxygen atoms in total. The summed E-state index contributed by atoms with van der Waals surface area (Å²) in [6.07, 6.45) is 4.24. The van der Waals surface area contributed by atoms with Crippen molar-refractivity contribution in [2.24, 2.45) is 0 Å². The summed E-state index contributed by atoms with van der Waals surface area (Å²) in [5, 5.41) is 10.7. The zero-order valence-corrected chi connectivity index (χ0v) is 20.4. The van der Waals surface area contributed by atoms with Gasteiger partial charge in [0.2, 0.25) is 0 Å². The smallest absolute Gasteiger partial charge is 0.318 e. The number of ether oxygens (including phenoxy) is 2. The van der Waals surface area contributed by atoms with Crippen LogP contribution in [0.15, 0.2) is 67.0 Å². The van der Waals surface area contributed by atoms with Crippen LogP contribution in [0.1, 0.15) is 11.1 Å².